The maximum absolute atomic E-state index is 14.8. The number of carbonyl (C=O) groups is 4. The number of hydrogen-bond donors (Lipinski definition) is 3. The van der Waals surface area contributed by atoms with Gasteiger partial charge < -0.3 is 29.7 Å². The zero-order valence-corrected chi connectivity index (χ0v) is 35.2. The Morgan fingerprint density at radius 1 is 1.10 bits per heavy atom. The second-order valence-electron chi connectivity index (χ2n) is 17.9. The lowest BCUT2D eigenvalue weighted by molar-refractivity contribution is -0.142. The predicted octanol–water partition coefficient (Wildman–Crippen LogP) is 5.51. The van der Waals surface area contributed by atoms with Crippen molar-refractivity contribution in [1.29, 1.82) is 0 Å². The van der Waals surface area contributed by atoms with Gasteiger partial charge in [0.25, 0.3) is 5.91 Å². The second-order valence-corrected chi connectivity index (χ2v) is 19.9. The van der Waals surface area contributed by atoms with E-state index in [0.717, 1.165) is 11.1 Å². The van der Waals surface area contributed by atoms with Crippen LogP contribution in [0.4, 0.5) is 4.79 Å². The summed E-state index contributed by atoms with van der Waals surface area (Å²) < 4.78 is 46.1. The number of methoxy groups -OCH3 is 1. The van der Waals surface area contributed by atoms with E-state index in [2.05, 4.69) is 21.9 Å². The number of nitrogens with zero attached hydrogens (tertiary/aromatic N) is 2. The maximum atomic E-state index is 14.8. The van der Waals surface area contributed by atoms with Crippen molar-refractivity contribution in [2.45, 2.75) is 95.7 Å². The van der Waals surface area contributed by atoms with E-state index in [1.165, 1.54) is 11.0 Å². The van der Waals surface area contributed by atoms with Gasteiger partial charge in [-0.1, -0.05) is 83.2 Å². The summed E-state index contributed by atoms with van der Waals surface area (Å²) in [6.45, 7) is 13.1. The first-order valence-electron chi connectivity index (χ1n) is 20.0. The highest BCUT2D eigenvalue weighted by molar-refractivity contribution is 7.91. The standard InChI is InChI=1S/C44H53N5O9S/c1-8-28-23-44(28,40(52)48-59(54,55)30-16-17-30)47-38(50)34-20-29-24-49(34)39(51)37(42(2,3)4)46-41(53)57-25-43(5,6)18-12-15-27-19-31-33(22-35(27)56-7)45-32(21-36(31)58-29)26-13-10-9-11-14-26/h8-15,19,21-22,28-30,34,37H,1,16-18,20,23-25H2,2-7H3,(H,46,53)(H,47,50)(H,48,52)/t28-,29-,34+,37-,44-/m1/s1. The molecule has 2 aliphatic carbocycles. The van der Waals surface area contributed by atoms with Crippen molar-refractivity contribution in [2.75, 3.05) is 20.3 Å². The number of allylic oxidation sites excluding steroid dienone is 1. The number of pyridine rings is 1. The Morgan fingerprint density at radius 3 is 2.47 bits per heavy atom. The number of sulfonamides is 1. The number of alkyl carbamates (subject to hydrolysis) is 1. The molecule has 2 aromatic carbocycles. The summed E-state index contributed by atoms with van der Waals surface area (Å²) in [7, 11) is -2.34. The fraction of sp³-hybridized carbons (Fsp3) is 0.477. The van der Waals surface area contributed by atoms with Gasteiger partial charge in [-0.05, 0) is 37.2 Å². The van der Waals surface area contributed by atoms with Gasteiger partial charge in [-0.25, -0.2) is 18.2 Å². The van der Waals surface area contributed by atoms with Gasteiger partial charge in [0.2, 0.25) is 21.8 Å². The molecule has 1 aromatic heterocycles. The number of aromatic nitrogens is 1. The summed E-state index contributed by atoms with van der Waals surface area (Å²) in [6.07, 6.45) is 5.51. The van der Waals surface area contributed by atoms with Gasteiger partial charge >= 0.3 is 6.09 Å². The molecular formula is C44H53N5O9S. The summed E-state index contributed by atoms with van der Waals surface area (Å²) in [5.41, 5.74) is -0.0464. The van der Waals surface area contributed by atoms with Crippen molar-refractivity contribution < 1.29 is 41.8 Å². The average molecular weight is 828 g/mol. The minimum atomic E-state index is -3.92. The van der Waals surface area contributed by atoms with E-state index in [4.69, 9.17) is 19.2 Å². The third kappa shape index (κ3) is 8.80. The van der Waals surface area contributed by atoms with Gasteiger partial charge in [-0.3, -0.25) is 19.1 Å². The van der Waals surface area contributed by atoms with Gasteiger partial charge in [-0.2, -0.15) is 0 Å². The van der Waals surface area contributed by atoms with Crippen molar-refractivity contribution in [3.05, 3.63) is 72.8 Å². The van der Waals surface area contributed by atoms with Gasteiger partial charge in [0.15, 0.2) is 0 Å². The first-order chi connectivity index (χ1) is 27.8. The molecule has 2 saturated carbocycles. The molecule has 4 amide bonds. The molecule has 2 aliphatic heterocycles. The third-order valence-corrected chi connectivity index (χ3v) is 13.3. The minimum Gasteiger partial charge on any atom is -0.496 e. The molecule has 0 radical (unpaired) electrons. The molecule has 3 N–H and O–H groups in total. The van der Waals surface area contributed by atoms with Crippen LogP contribution in [-0.2, 0) is 29.1 Å². The molecule has 3 heterocycles. The number of amides is 4. The fourth-order valence-electron chi connectivity index (χ4n) is 7.77. The lowest BCUT2D eigenvalue weighted by Crippen LogP contribution is -2.60. The van der Waals surface area contributed by atoms with E-state index in [0.29, 0.717) is 47.4 Å². The van der Waals surface area contributed by atoms with Crippen LogP contribution in [0, 0.1) is 16.7 Å². The average Bonchev–Trinajstić information content (AvgIpc) is 4.12. The van der Waals surface area contributed by atoms with Crippen LogP contribution in [0.2, 0.25) is 0 Å². The van der Waals surface area contributed by atoms with Crippen LogP contribution in [0.3, 0.4) is 0 Å². The lowest BCUT2D eigenvalue weighted by atomic mass is 9.85. The monoisotopic (exact) mass is 827 g/mol. The minimum absolute atomic E-state index is 0.0112. The largest absolute Gasteiger partial charge is 0.496 e. The van der Waals surface area contributed by atoms with Crippen molar-refractivity contribution in [3.63, 3.8) is 0 Å². The fourth-order valence-corrected chi connectivity index (χ4v) is 9.14. The van der Waals surface area contributed by atoms with E-state index in [1.54, 1.807) is 27.9 Å². The van der Waals surface area contributed by atoms with Crippen molar-refractivity contribution in [1.82, 2.24) is 25.2 Å². The van der Waals surface area contributed by atoms with E-state index in [9.17, 15) is 27.6 Å². The summed E-state index contributed by atoms with van der Waals surface area (Å²) in [6, 6.07) is 12.9. The molecule has 15 heteroatoms. The molecular weight excluding hydrogens is 775 g/mol. The molecule has 4 aliphatic rings. The molecule has 5 atom stereocenters. The Bertz CT molecular complexity index is 2320. The van der Waals surface area contributed by atoms with E-state index in [-0.39, 0.29) is 26.0 Å². The zero-order chi connectivity index (χ0) is 42.5. The smallest absolute Gasteiger partial charge is 0.407 e. The van der Waals surface area contributed by atoms with Crippen LogP contribution in [0.25, 0.3) is 28.2 Å². The maximum Gasteiger partial charge on any atom is 0.407 e. The lowest BCUT2D eigenvalue weighted by Gasteiger charge is -2.35. The molecule has 7 rings (SSSR count). The molecule has 14 nitrogen and oxygen atoms in total. The quantitative estimate of drug-likeness (QED) is 0.245. The number of fused-ring (bicyclic) bond motifs is 3. The molecule has 3 aromatic rings. The van der Waals surface area contributed by atoms with Gasteiger partial charge in [0, 0.05) is 46.4 Å². The second kappa shape index (κ2) is 15.6. The van der Waals surface area contributed by atoms with Gasteiger partial charge in [0.1, 0.15) is 35.2 Å². The molecule has 59 heavy (non-hydrogen) atoms. The van der Waals surface area contributed by atoms with Crippen LogP contribution in [0.15, 0.2) is 67.3 Å². The number of cyclic esters (lactones) is 1. The van der Waals surface area contributed by atoms with E-state index >= 15 is 0 Å². The highest BCUT2D eigenvalue weighted by atomic mass is 32.2. The van der Waals surface area contributed by atoms with Crippen LogP contribution >= 0.6 is 0 Å². The van der Waals surface area contributed by atoms with Crippen molar-refractivity contribution in [3.8, 4) is 22.8 Å². The molecule has 4 bridgehead atoms. The Balaban J connectivity index is 1.31. The normalized spacial score (nSPS) is 25.8. The summed E-state index contributed by atoms with van der Waals surface area (Å²) >= 11 is 0. The Labute approximate surface area is 345 Å². The van der Waals surface area contributed by atoms with Crippen LogP contribution in [-0.4, -0.2) is 91.4 Å². The Hall–Kier alpha value is -5.44. The predicted molar refractivity (Wildman–Crippen MR) is 223 cm³/mol. The number of carbonyl (C=O) groups excluding carboxylic acids is 4. The Morgan fingerprint density at radius 2 is 1.83 bits per heavy atom. The van der Waals surface area contributed by atoms with Crippen molar-refractivity contribution >= 4 is 50.8 Å². The number of benzene rings is 2. The number of ether oxygens (including phenoxy) is 3. The zero-order valence-electron chi connectivity index (χ0n) is 34.4. The van der Waals surface area contributed by atoms with E-state index in [1.807, 2.05) is 74.5 Å². The summed E-state index contributed by atoms with van der Waals surface area (Å²) in [5.74, 6) is -1.55. The topological polar surface area (TPSA) is 182 Å². The van der Waals surface area contributed by atoms with Gasteiger partial charge in [-0.15, -0.1) is 6.58 Å². The number of hydrogen-bond acceptors (Lipinski definition) is 10. The number of nitrogens with one attached hydrogen (secondary N) is 3. The molecule has 314 valence electrons. The van der Waals surface area contributed by atoms with Gasteiger partial charge in [0.05, 0.1) is 36.7 Å². The SMILES string of the molecule is C=C[C@@H]1C[C@]1(NC(=O)[C@@H]1C[C@@H]2CN1C(=O)[C@H](C(C)(C)C)NC(=O)OCC(C)(C)CC=Cc1cc3c(cc(-c4ccccc4)nc3cc1OC)O2)C(=O)NS(=O)(=O)C1CC1. The van der Waals surface area contributed by atoms with Crippen LogP contribution in [0.1, 0.15) is 72.3 Å². The molecule has 0 spiro atoms. The van der Waals surface area contributed by atoms with Crippen molar-refractivity contribution in [2.24, 2.45) is 16.7 Å². The number of rotatable bonds is 8. The molecule has 1 saturated heterocycles. The van der Waals surface area contributed by atoms with E-state index < -0.39 is 79.6 Å². The van der Waals surface area contributed by atoms with Crippen LogP contribution in [0.5, 0.6) is 11.5 Å². The summed E-state index contributed by atoms with van der Waals surface area (Å²) in [4.78, 5) is 62.7. The highest BCUT2D eigenvalue weighted by Crippen LogP contribution is 2.46. The summed E-state index contributed by atoms with van der Waals surface area (Å²) in [5, 5.41) is 5.64. The Kier molecular flexibility index (Phi) is 11.0. The highest BCUT2D eigenvalue weighted by Gasteiger charge is 2.62. The first-order valence-corrected chi connectivity index (χ1v) is 21.5. The van der Waals surface area contributed by atoms with Crippen LogP contribution < -0.4 is 24.8 Å². The molecule has 3 fully saturated rings. The third-order valence-electron chi connectivity index (χ3n) is 11.5. The first kappa shape index (κ1) is 41.7. The molecule has 0 unspecified atom stereocenters.